The van der Waals surface area contributed by atoms with Crippen molar-refractivity contribution in [1.29, 1.82) is 10.5 Å². The van der Waals surface area contributed by atoms with Gasteiger partial charge >= 0.3 is 0 Å². The molecule has 5 heteroatoms. The number of hydrogen-bond donors (Lipinski definition) is 1. The van der Waals surface area contributed by atoms with E-state index in [1.165, 1.54) is 4.90 Å². The third kappa shape index (κ3) is 6.80. The van der Waals surface area contributed by atoms with Crippen molar-refractivity contribution in [2.45, 2.75) is 32.7 Å². The van der Waals surface area contributed by atoms with Crippen molar-refractivity contribution in [3.05, 3.63) is 0 Å². The highest BCUT2D eigenvalue weighted by Gasteiger charge is 2.11. The lowest BCUT2D eigenvalue weighted by Crippen LogP contribution is -2.32. The fourth-order valence-corrected chi connectivity index (χ4v) is 1.19. The molecule has 0 saturated heterocycles. The summed E-state index contributed by atoms with van der Waals surface area (Å²) in [6, 6.07) is 4.17. The molecule has 0 unspecified atom stereocenters. The first-order valence-corrected chi connectivity index (χ1v) is 5.36. The molecule has 0 rings (SSSR count). The minimum absolute atomic E-state index is 0.00992. The first-order valence-electron chi connectivity index (χ1n) is 5.36. The maximum atomic E-state index is 11.6. The van der Waals surface area contributed by atoms with E-state index in [1.54, 1.807) is 0 Å². The molecule has 0 aromatic carbocycles. The molecule has 0 aromatic heterocycles. The van der Waals surface area contributed by atoms with Gasteiger partial charge in [0.05, 0.1) is 12.1 Å². The number of carbonyl (C=O) groups is 1. The number of rotatable bonds is 7. The number of carbonyl (C=O) groups excluding carboxylic acids is 1. The summed E-state index contributed by atoms with van der Waals surface area (Å²) in [7, 11) is 0. The Hall–Kier alpha value is -1.59. The van der Waals surface area contributed by atoms with E-state index in [0.717, 1.165) is 13.0 Å². The summed E-state index contributed by atoms with van der Waals surface area (Å²) in [5, 5.41) is 20.2. The molecule has 88 valence electrons. The summed E-state index contributed by atoms with van der Waals surface area (Å²) < 4.78 is 0. The van der Waals surface area contributed by atoms with E-state index in [9.17, 15) is 4.79 Å². The molecule has 1 amide bonds. The van der Waals surface area contributed by atoms with Crippen molar-refractivity contribution in [2.75, 3.05) is 19.6 Å². The molecule has 0 aliphatic heterocycles. The highest BCUT2D eigenvalue weighted by Crippen LogP contribution is 1.97. The molecule has 0 radical (unpaired) electrons. The highest BCUT2D eigenvalue weighted by molar-refractivity contribution is 5.76. The summed E-state index contributed by atoms with van der Waals surface area (Å²) in [4.78, 5) is 12.8. The number of nitriles is 2. The second kappa shape index (κ2) is 8.70. The Morgan fingerprint density at radius 1 is 1.31 bits per heavy atom. The van der Waals surface area contributed by atoms with Crippen LogP contribution in [0.25, 0.3) is 0 Å². The molecule has 0 aliphatic carbocycles. The lowest BCUT2D eigenvalue weighted by Gasteiger charge is -2.15. The van der Waals surface area contributed by atoms with E-state index >= 15 is 0 Å². The average molecular weight is 222 g/mol. The number of nitrogens with zero attached hydrogens (tertiary/aromatic N) is 3. The second-order valence-corrected chi connectivity index (χ2v) is 3.78. The standard InChI is InChI=1S/C11H18N4O/c1-10(2)14-7-3-4-11(16)15(8-5-12)9-6-13/h10,14H,3-4,7-9H2,1-2H3. The summed E-state index contributed by atoms with van der Waals surface area (Å²) in [5.41, 5.74) is 0. The van der Waals surface area contributed by atoms with Crippen LogP contribution in [0, 0.1) is 22.7 Å². The van der Waals surface area contributed by atoms with E-state index < -0.39 is 0 Å². The SMILES string of the molecule is CC(C)NCCCC(=O)N(CC#N)CC#N. The minimum Gasteiger partial charge on any atom is -0.316 e. The van der Waals surface area contributed by atoms with Gasteiger partial charge in [-0.25, -0.2) is 0 Å². The fraction of sp³-hybridized carbons (Fsp3) is 0.727. The topological polar surface area (TPSA) is 79.9 Å². The zero-order valence-electron chi connectivity index (χ0n) is 9.86. The third-order valence-corrected chi connectivity index (χ3v) is 2.00. The van der Waals surface area contributed by atoms with E-state index in [1.807, 2.05) is 26.0 Å². The largest absolute Gasteiger partial charge is 0.316 e. The summed E-state index contributed by atoms with van der Waals surface area (Å²) in [5.74, 6) is -0.131. The second-order valence-electron chi connectivity index (χ2n) is 3.78. The molecule has 5 nitrogen and oxygen atoms in total. The van der Waals surface area contributed by atoms with Gasteiger partial charge in [0, 0.05) is 12.5 Å². The van der Waals surface area contributed by atoms with Crippen LogP contribution in [-0.4, -0.2) is 36.5 Å². The van der Waals surface area contributed by atoms with E-state index in [2.05, 4.69) is 5.32 Å². The monoisotopic (exact) mass is 222 g/mol. The van der Waals surface area contributed by atoms with Crippen molar-refractivity contribution < 1.29 is 4.79 Å². The normalized spacial score (nSPS) is 9.56. The van der Waals surface area contributed by atoms with Crippen LogP contribution in [0.3, 0.4) is 0 Å². The molecule has 0 heterocycles. The van der Waals surface area contributed by atoms with Gasteiger partial charge < -0.3 is 10.2 Å². The number of hydrogen-bond acceptors (Lipinski definition) is 4. The van der Waals surface area contributed by atoms with Crippen molar-refractivity contribution in [1.82, 2.24) is 10.2 Å². The zero-order valence-corrected chi connectivity index (χ0v) is 9.86. The predicted octanol–water partition coefficient (Wildman–Crippen LogP) is 0.640. The van der Waals surface area contributed by atoms with Gasteiger partial charge in [-0.3, -0.25) is 4.79 Å². The fourth-order valence-electron chi connectivity index (χ4n) is 1.19. The Balaban J connectivity index is 3.84. The van der Waals surface area contributed by atoms with Crippen LogP contribution >= 0.6 is 0 Å². The van der Waals surface area contributed by atoms with Gasteiger partial charge in [-0.05, 0) is 13.0 Å². The summed E-state index contributed by atoms with van der Waals surface area (Å²) in [6.45, 7) is 4.84. The van der Waals surface area contributed by atoms with Gasteiger partial charge in [0.25, 0.3) is 0 Å². The summed E-state index contributed by atoms with van der Waals surface area (Å²) in [6.07, 6.45) is 1.10. The molecule has 0 fully saturated rings. The Bertz CT molecular complexity index is 271. The summed E-state index contributed by atoms with van der Waals surface area (Å²) >= 11 is 0. The van der Waals surface area contributed by atoms with Crippen LogP contribution in [-0.2, 0) is 4.79 Å². The molecule has 1 N–H and O–H groups in total. The van der Waals surface area contributed by atoms with Crippen LogP contribution < -0.4 is 5.32 Å². The third-order valence-electron chi connectivity index (χ3n) is 2.00. The quantitative estimate of drug-likeness (QED) is 0.506. The van der Waals surface area contributed by atoms with Gasteiger partial charge in [0.1, 0.15) is 13.1 Å². The van der Waals surface area contributed by atoms with Gasteiger partial charge in [-0.15, -0.1) is 0 Å². The highest BCUT2D eigenvalue weighted by atomic mass is 16.2. The maximum absolute atomic E-state index is 11.6. The van der Waals surface area contributed by atoms with Crippen molar-refractivity contribution in [3.63, 3.8) is 0 Å². The van der Waals surface area contributed by atoms with Crippen LogP contribution in [0.1, 0.15) is 26.7 Å². The van der Waals surface area contributed by atoms with Crippen LogP contribution in [0.2, 0.25) is 0 Å². The lowest BCUT2D eigenvalue weighted by molar-refractivity contribution is -0.130. The molecule has 0 spiro atoms. The molecule has 0 aromatic rings. The van der Waals surface area contributed by atoms with Gasteiger partial charge in [-0.2, -0.15) is 10.5 Å². The molecule has 0 aliphatic rings. The van der Waals surface area contributed by atoms with E-state index in [4.69, 9.17) is 10.5 Å². The van der Waals surface area contributed by atoms with E-state index in [0.29, 0.717) is 12.5 Å². The van der Waals surface area contributed by atoms with Crippen molar-refractivity contribution in [3.8, 4) is 12.1 Å². The van der Waals surface area contributed by atoms with Crippen LogP contribution in [0.4, 0.5) is 0 Å². The predicted molar refractivity (Wildman–Crippen MR) is 60.2 cm³/mol. The Morgan fingerprint density at radius 2 is 1.88 bits per heavy atom. The number of nitrogens with one attached hydrogen (secondary N) is 1. The molecule has 0 saturated carbocycles. The average Bonchev–Trinajstić information content (AvgIpc) is 2.23. The smallest absolute Gasteiger partial charge is 0.224 e. The maximum Gasteiger partial charge on any atom is 0.224 e. The number of amides is 1. The first-order chi connectivity index (χ1) is 7.61. The molecular weight excluding hydrogens is 204 g/mol. The Morgan fingerprint density at radius 3 is 2.31 bits per heavy atom. The van der Waals surface area contributed by atoms with Gasteiger partial charge in [-0.1, -0.05) is 13.8 Å². The van der Waals surface area contributed by atoms with E-state index in [-0.39, 0.29) is 19.0 Å². The van der Waals surface area contributed by atoms with Crippen LogP contribution in [0.15, 0.2) is 0 Å². The van der Waals surface area contributed by atoms with Crippen molar-refractivity contribution in [2.24, 2.45) is 0 Å². The van der Waals surface area contributed by atoms with Gasteiger partial charge in [0.2, 0.25) is 5.91 Å². The first kappa shape index (κ1) is 14.4. The molecule has 0 atom stereocenters. The minimum atomic E-state index is -0.131. The Labute approximate surface area is 96.6 Å². The molecule has 16 heavy (non-hydrogen) atoms. The Kier molecular flexibility index (Phi) is 7.83. The zero-order chi connectivity index (χ0) is 12.4. The molecule has 0 bridgehead atoms. The van der Waals surface area contributed by atoms with Crippen LogP contribution in [0.5, 0.6) is 0 Å². The van der Waals surface area contributed by atoms with Gasteiger partial charge in [0.15, 0.2) is 0 Å². The molecular formula is C11H18N4O. The lowest BCUT2D eigenvalue weighted by atomic mass is 10.2. The van der Waals surface area contributed by atoms with Crippen molar-refractivity contribution >= 4 is 5.91 Å².